The zero-order valence-corrected chi connectivity index (χ0v) is 11.1. The Bertz CT molecular complexity index is 400. The number of carbonyl (C=O) groups is 1. The van der Waals surface area contributed by atoms with E-state index in [4.69, 9.17) is 5.73 Å². The third-order valence-electron chi connectivity index (χ3n) is 3.49. The van der Waals surface area contributed by atoms with Gasteiger partial charge in [-0.2, -0.15) is 0 Å². The van der Waals surface area contributed by atoms with Crippen molar-refractivity contribution in [3.63, 3.8) is 0 Å². The molecule has 0 bridgehead atoms. The van der Waals surface area contributed by atoms with Crippen LogP contribution in [0.15, 0.2) is 18.2 Å². The Morgan fingerprint density at radius 1 is 1.06 bits per heavy atom. The first-order chi connectivity index (χ1) is 8.66. The van der Waals surface area contributed by atoms with E-state index >= 15 is 0 Å². The van der Waals surface area contributed by atoms with Crippen LogP contribution < -0.4 is 5.73 Å². The van der Waals surface area contributed by atoms with Gasteiger partial charge in [0, 0.05) is 24.3 Å². The van der Waals surface area contributed by atoms with Gasteiger partial charge in [-0.05, 0) is 43.5 Å². The molecule has 0 spiro atoms. The molecule has 0 saturated carbocycles. The van der Waals surface area contributed by atoms with Gasteiger partial charge in [-0.15, -0.1) is 0 Å². The molecular formula is C15H22N2O. The minimum atomic E-state index is 0.132. The van der Waals surface area contributed by atoms with Crippen LogP contribution in [0.5, 0.6) is 0 Å². The summed E-state index contributed by atoms with van der Waals surface area (Å²) in [6.45, 7) is 3.74. The lowest BCUT2D eigenvalue weighted by molar-refractivity contribution is 0.0742. The number of rotatable bonds is 1. The van der Waals surface area contributed by atoms with Gasteiger partial charge in [-0.3, -0.25) is 4.79 Å². The van der Waals surface area contributed by atoms with E-state index in [1.54, 1.807) is 6.07 Å². The summed E-state index contributed by atoms with van der Waals surface area (Å²) in [6, 6.07) is 5.61. The molecule has 1 aromatic rings. The van der Waals surface area contributed by atoms with Crippen LogP contribution in [0, 0.1) is 6.92 Å². The van der Waals surface area contributed by atoms with E-state index in [1.165, 1.54) is 19.3 Å². The number of aryl methyl sites for hydroxylation is 1. The van der Waals surface area contributed by atoms with Crippen LogP contribution in [0.4, 0.5) is 5.69 Å². The zero-order chi connectivity index (χ0) is 13.0. The fraction of sp³-hybridized carbons (Fsp3) is 0.533. The third kappa shape index (κ3) is 3.25. The molecule has 1 aliphatic heterocycles. The topological polar surface area (TPSA) is 46.3 Å². The molecule has 0 radical (unpaired) electrons. The molecule has 0 atom stereocenters. The number of hydrogen-bond donors (Lipinski definition) is 1. The summed E-state index contributed by atoms with van der Waals surface area (Å²) >= 11 is 0. The Kier molecular flexibility index (Phi) is 4.24. The quantitative estimate of drug-likeness (QED) is 0.774. The van der Waals surface area contributed by atoms with Crippen molar-refractivity contribution in [3.05, 3.63) is 29.3 Å². The Morgan fingerprint density at radius 3 is 2.28 bits per heavy atom. The first-order valence-electron chi connectivity index (χ1n) is 6.83. The van der Waals surface area contributed by atoms with Gasteiger partial charge in [0.2, 0.25) is 0 Å². The van der Waals surface area contributed by atoms with E-state index in [2.05, 4.69) is 0 Å². The Hall–Kier alpha value is -1.51. The molecule has 1 saturated heterocycles. The number of hydrogen-bond acceptors (Lipinski definition) is 2. The average molecular weight is 246 g/mol. The minimum absolute atomic E-state index is 0.132. The second-order valence-corrected chi connectivity index (χ2v) is 5.19. The van der Waals surface area contributed by atoms with Crippen molar-refractivity contribution in [2.24, 2.45) is 0 Å². The average Bonchev–Trinajstić information content (AvgIpc) is 2.26. The summed E-state index contributed by atoms with van der Waals surface area (Å²) in [5, 5.41) is 0. The number of nitrogen functional groups attached to an aromatic ring is 1. The molecule has 1 fully saturated rings. The van der Waals surface area contributed by atoms with E-state index < -0.39 is 0 Å². The predicted octanol–water partition coefficient (Wildman–Crippen LogP) is 2.98. The summed E-state index contributed by atoms with van der Waals surface area (Å²) in [6.07, 6.45) is 6.01. The van der Waals surface area contributed by atoms with Gasteiger partial charge < -0.3 is 10.6 Å². The smallest absolute Gasteiger partial charge is 0.253 e. The highest BCUT2D eigenvalue weighted by Gasteiger charge is 2.17. The summed E-state index contributed by atoms with van der Waals surface area (Å²) in [5.41, 5.74) is 8.26. The van der Waals surface area contributed by atoms with Crippen LogP contribution in [0.3, 0.4) is 0 Å². The Labute approximate surface area is 109 Å². The predicted molar refractivity (Wildman–Crippen MR) is 74.6 cm³/mol. The Balaban J connectivity index is 2.13. The summed E-state index contributed by atoms with van der Waals surface area (Å²) in [5.74, 6) is 0.132. The van der Waals surface area contributed by atoms with Gasteiger partial charge in [-0.1, -0.05) is 19.3 Å². The van der Waals surface area contributed by atoms with Crippen LogP contribution in [-0.2, 0) is 0 Å². The molecule has 3 nitrogen and oxygen atoms in total. The normalized spacial score (nSPS) is 17.1. The largest absolute Gasteiger partial charge is 0.399 e. The summed E-state index contributed by atoms with van der Waals surface area (Å²) < 4.78 is 0. The highest BCUT2D eigenvalue weighted by molar-refractivity contribution is 5.95. The van der Waals surface area contributed by atoms with Crippen molar-refractivity contribution in [2.75, 3.05) is 18.8 Å². The number of amides is 1. The van der Waals surface area contributed by atoms with E-state index in [-0.39, 0.29) is 5.91 Å². The van der Waals surface area contributed by atoms with Crippen molar-refractivity contribution < 1.29 is 4.79 Å². The van der Waals surface area contributed by atoms with Crippen LogP contribution >= 0.6 is 0 Å². The maximum absolute atomic E-state index is 12.4. The second-order valence-electron chi connectivity index (χ2n) is 5.19. The summed E-state index contributed by atoms with van der Waals surface area (Å²) in [7, 11) is 0. The number of likely N-dealkylation sites (tertiary alicyclic amines) is 1. The van der Waals surface area contributed by atoms with Gasteiger partial charge >= 0.3 is 0 Å². The molecule has 1 amide bonds. The van der Waals surface area contributed by atoms with Crippen molar-refractivity contribution in [3.8, 4) is 0 Å². The molecule has 1 aliphatic rings. The monoisotopic (exact) mass is 246 g/mol. The molecule has 98 valence electrons. The molecule has 2 N–H and O–H groups in total. The molecule has 3 heteroatoms. The number of anilines is 1. The lowest BCUT2D eigenvalue weighted by atomic mass is 10.1. The van der Waals surface area contributed by atoms with Crippen molar-refractivity contribution in [1.82, 2.24) is 4.90 Å². The second kappa shape index (κ2) is 5.89. The summed E-state index contributed by atoms with van der Waals surface area (Å²) in [4.78, 5) is 14.4. The zero-order valence-electron chi connectivity index (χ0n) is 11.1. The van der Waals surface area contributed by atoms with Crippen LogP contribution in [-0.4, -0.2) is 23.9 Å². The van der Waals surface area contributed by atoms with Gasteiger partial charge in [0.15, 0.2) is 0 Å². The highest BCUT2D eigenvalue weighted by atomic mass is 16.2. The van der Waals surface area contributed by atoms with Gasteiger partial charge in [0.25, 0.3) is 5.91 Å². The van der Waals surface area contributed by atoms with Crippen LogP contribution in [0.1, 0.15) is 48.0 Å². The fourth-order valence-electron chi connectivity index (χ4n) is 2.57. The number of nitrogens with zero attached hydrogens (tertiary/aromatic N) is 1. The highest BCUT2D eigenvalue weighted by Crippen LogP contribution is 2.16. The van der Waals surface area contributed by atoms with E-state index in [0.717, 1.165) is 37.1 Å². The Morgan fingerprint density at radius 2 is 1.67 bits per heavy atom. The van der Waals surface area contributed by atoms with E-state index in [1.807, 2.05) is 24.0 Å². The standard InChI is InChI=1S/C15H22N2O/c1-12-9-13(11-14(16)10-12)15(18)17-7-5-3-2-4-6-8-17/h9-11H,2-8,16H2,1H3. The number of nitrogens with two attached hydrogens (primary N) is 1. The van der Waals surface area contributed by atoms with Gasteiger partial charge in [-0.25, -0.2) is 0 Å². The lowest BCUT2D eigenvalue weighted by Crippen LogP contribution is -2.33. The van der Waals surface area contributed by atoms with Crippen LogP contribution in [0.25, 0.3) is 0 Å². The van der Waals surface area contributed by atoms with Crippen molar-refractivity contribution in [1.29, 1.82) is 0 Å². The lowest BCUT2D eigenvalue weighted by Gasteiger charge is -2.25. The van der Waals surface area contributed by atoms with Crippen molar-refractivity contribution in [2.45, 2.75) is 39.0 Å². The maximum Gasteiger partial charge on any atom is 0.253 e. The fourth-order valence-corrected chi connectivity index (χ4v) is 2.57. The number of benzene rings is 1. The van der Waals surface area contributed by atoms with Gasteiger partial charge in [0.05, 0.1) is 0 Å². The van der Waals surface area contributed by atoms with E-state index in [9.17, 15) is 4.79 Å². The first kappa shape index (κ1) is 12.9. The van der Waals surface area contributed by atoms with Crippen LogP contribution in [0.2, 0.25) is 0 Å². The molecule has 0 unspecified atom stereocenters. The molecule has 0 aromatic heterocycles. The first-order valence-corrected chi connectivity index (χ1v) is 6.83. The molecule has 18 heavy (non-hydrogen) atoms. The number of carbonyl (C=O) groups excluding carboxylic acids is 1. The van der Waals surface area contributed by atoms with E-state index in [0.29, 0.717) is 5.69 Å². The molecule has 2 rings (SSSR count). The molecule has 0 aliphatic carbocycles. The van der Waals surface area contributed by atoms with Crippen molar-refractivity contribution >= 4 is 11.6 Å². The molecule has 1 heterocycles. The SMILES string of the molecule is Cc1cc(N)cc(C(=O)N2CCCCCCC2)c1. The third-order valence-corrected chi connectivity index (χ3v) is 3.49. The van der Waals surface area contributed by atoms with Gasteiger partial charge in [0.1, 0.15) is 0 Å². The minimum Gasteiger partial charge on any atom is -0.399 e. The molecule has 1 aromatic carbocycles. The molecular weight excluding hydrogens is 224 g/mol. The maximum atomic E-state index is 12.4.